The molecular weight excluding hydrogens is 208 g/mol. The van der Waals surface area contributed by atoms with Crippen molar-refractivity contribution >= 4 is 17.7 Å². The number of thioether (sulfide) groups is 1. The van der Waals surface area contributed by atoms with Crippen molar-refractivity contribution in [2.24, 2.45) is 0 Å². The van der Waals surface area contributed by atoms with E-state index in [1.165, 1.54) is 0 Å². The van der Waals surface area contributed by atoms with Crippen LogP contribution in [0.2, 0.25) is 0 Å². The smallest absolute Gasteiger partial charge is 0.233 e. The molecule has 0 aromatic rings. The Labute approximate surface area is 97.8 Å². The van der Waals surface area contributed by atoms with E-state index in [2.05, 4.69) is 38.3 Å². The van der Waals surface area contributed by atoms with Crippen molar-refractivity contribution in [3.05, 3.63) is 0 Å². The predicted molar refractivity (Wildman–Crippen MR) is 68.4 cm³/mol. The number of rotatable bonds is 6. The van der Waals surface area contributed by atoms with E-state index in [0.29, 0.717) is 23.9 Å². The van der Waals surface area contributed by atoms with E-state index in [0.717, 1.165) is 5.75 Å². The third kappa shape index (κ3) is 10.1. The Hall–Kier alpha value is -0.220. The number of carbonyl (C=O) groups is 1. The monoisotopic (exact) mass is 232 g/mol. The van der Waals surface area contributed by atoms with Crippen molar-refractivity contribution in [2.45, 2.75) is 45.4 Å². The quantitative estimate of drug-likeness (QED) is 0.731. The van der Waals surface area contributed by atoms with Crippen LogP contribution in [0.1, 0.15) is 34.6 Å². The lowest BCUT2D eigenvalue weighted by Crippen LogP contribution is -2.39. The van der Waals surface area contributed by atoms with Gasteiger partial charge in [-0.15, -0.1) is 0 Å². The summed E-state index contributed by atoms with van der Waals surface area (Å²) >= 11 is 1.91. The van der Waals surface area contributed by atoms with E-state index in [9.17, 15) is 4.79 Å². The van der Waals surface area contributed by atoms with Crippen molar-refractivity contribution in [1.29, 1.82) is 0 Å². The molecule has 90 valence electrons. The summed E-state index contributed by atoms with van der Waals surface area (Å²) in [6.45, 7) is 11.8. The number of amides is 1. The van der Waals surface area contributed by atoms with Crippen molar-refractivity contribution in [3.8, 4) is 0 Å². The van der Waals surface area contributed by atoms with Gasteiger partial charge in [0, 0.05) is 23.1 Å². The van der Waals surface area contributed by atoms with Crippen molar-refractivity contribution in [3.63, 3.8) is 0 Å². The highest BCUT2D eigenvalue weighted by atomic mass is 32.2. The normalized spacial score (nSPS) is 13.7. The zero-order valence-corrected chi connectivity index (χ0v) is 11.3. The minimum absolute atomic E-state index is 0.0742. The summed E-state index contributed by atoms with van der Waals surface area (Å²) in [6, 6.07) is 0.372. The fourth-order valence-corrected chi connectivity index (χ4v) is 1.83. The number of hydrogen-bond donors (Lipinski definition) is 2. The molecule has 0 aromatic carbocycles. The van der Waals surface area contributed by atoms with Crippen molar-refractivity contribution in [1.82, 2.24) is 10.6 Å². The van der Waals surface area contributed by atoms with Crippen LogP contribution in [0.25, 0.3) is 0 Å². The van der Waals surface area contributed by atoms with Gasteiger partial charge in [-0.25, -0.2) is 0 Å². The predicted octanol–water partition coefficient (Wildman–Crippen LogP) is 1.63. The van der Waals surface area contributed by atoms with Crippen LogP contribution in [0.5, 0.6) is 0 Å². The van der Waals surface area contributed by atoms with Crippen LogP contribution >= 0.6 is 11.8 Å². The topological polar surface area (TPSA) is 41.1 Å². The highest BCUT2D eigenvalue weighted by molar-refractivity contribution is 8.00. The van der Waals surface area contributed by atoms with Gasteiger partial charge in [-0.05, 0) is 13.8 Å². The largest absolute Gasteiger partial charge is 0.355 e. The lowest BCUT2D eigenvalue weighted by Gasteiger charge is -2.21. The first-order valence-electron chi connectivity index (χ1n) is 5.49. The third-order valence-corrected chi connectivity index (χ3v) is 3.28. The Morgan fingerprint density at radius 1 is 1.40 bits per heavy atom. The summed E-state index contributed by atoms with van der Waals surface area (Å²) in [4.78, 5) is 11.2. The maximum Gasteiger partial charge on any atom is 0.233 e. The molecule has 1 atom stereocenters. The van der Waals surface area contributed by atoms with E-state index in [1.807, 2.05) is 18.7 Å². The average Bonchev–Trinajstić information content (AvgIpc) is 2.11. The summed E-state index contributed by atoms with van der Waals surface area (Å²) in [7, 11) is 0. The van der Waals surface area contributed by atoms with E-state index in [-0.39, 0.29) is 5.91 Å². The Morgan fingerprint density at radius 3 is 2.47 bits per heavy atom. The zero-order valence-electron chi connectivity index (χ0n) is 10.5. The second-order valence-electron chi connectivity index (χ2n) is 4.66. The fourth-order valence-electron chi connectivity index (χ4n) is 0.961. The molecule has 0 rings (SSSR count). The second-order valence-corrected chi connectivity index (χ2v) is 6.51. The molecule has 1 amide bonds. The first-order chi connectivity index (χ1) is 6.85. The van der Waals surface area contributed by atoms with Crippen LogP contribution in [-0.2, 0) is 4.79 Å². The molecule has 0 bridgehead atoms. The Balaban J connectivity index is 3.57. The minimum Gasteiger partial charge on any atom is -0.355 e. The summed E-state index contributed by atoms with van der Waals surface area (Å²) < 4.78 is 0.293. The Morgan fingerprint density at radius 2 is 2.00 bits per heavy atom. The first-order valence-corrected chi connectivity index (χ1v) is 6.47. The van der Waals surface area contributed by atoms with Crippen LogP contribution in [0.15, 0.2) is 0 Å². The van der Waals surface area contributed by atoms with E-state index < -0.39 is 0 Å². The number of nitrogens with one attached hydrogen (secondary N) is 2. The van der Waals surface area contributed by atoms with Crippen LogP contribution in [0.3, 0.4) is 0 Å². The molecular formula is C11H24N2OS. The molecule has 4 heteroatoms. The molecule has 0 saturated carbocycles. The van der Waals surface area contributed by atoms with Crippen LogP contribution in [0.4, 0.5) is 0 Å². The molecule has 0 aliphatic rings. The molecule has 0 heterocycles. The van der Waals surface area contributed by atoms with Crippen LogP contribution in [-0.4, -0.2) is 35.5 Å². The van der Waals surface area contributed by atoms with Gasteiger partial charge in [0.25, 0.3) is 0 Å². The number of likely N-dealkylation sites (N-methyl/N-ethyl adjacent to an activating group) is 1. The molecule has 15 heavy (non-hydrogen) atoms. The average molecular weight is 232 g/mol. The van der Waals surface area contributed by atoms with Gasteiger partial charge in [-0.1, -0.05) is 20.8 Å². The molecule has 0 spiro atoms. The minimum atomic E-state index is 0.0742. The van der Waals surface area contributed by atoms with Crippen LogP contribution in [0, 0.1) is 0 Å². The fraction of sp³-hybridized carbons (Fsp3) is 0.909. The van der Waals surface area contributed by atoms with Gasteiger partial charge < -0.3 is 10.6 Å². The number of carbonyl (C=O) groups excluding carboxylic acids is 1. The molecule has 0 aromatic heterocycles. The van der Waals surface area contributed by atoms with Crippen molar-refractivity contribution < 1.29 is 4.79 Å². The second kappa shape index (κ2) is 7.12. The standard InChI is InChI=1S/C11H24N2OS/c1-6-12-10(14)7-13-9(2)8-15-11(3,4)5/h9,13H,6-8H2,1-5H3,(H,12,14). The molecule has 0 aliphatic carbocycles. The highest BCUT2D eigenvalue weighted by Crippen LogP contribution is 2.23. The van der Waals surface area contributed by atoms with Crippen LogP contribution < -0.4 is 10.6 Å². The Kier molecular flexibility index (Phi) is 7.02. The molecule has 0 aliphatic heterocycles. The molecule has 2 N–H and O–H groups in total. The van der Waals surface area contributed by atoms with Gasteiger partial charge in [-0.2, -0.15) is 11.8 Å². The lowest BCUT2D eigenvalue weighted by molar-refractivity contribution is -0.120. The summed E-state index contributed by atoms with van der Waals surface area (Å²) in [6.07, 6.45) is 0. The van der Waals surface area contributed by atoms with Crippen molar-refractivity contribution in [2.75, 3.05) is 18.8 Å². The van der Waals surface area contributed by atoms with Gasteiger partial charge in [0.15, 0.2) is 0 Å². The molecule has 0 radical (unpaired) electrons. The Bertz CT molecular complexity index is 190. The lowest BCUT2D eigenvalue weighted by atomic mass is 10.3. The maximum absolute atomic E-state index is 11.2. The van der Waals surface area contributed by atoms with Gasteiger partial charge >= 0.3 is 0 Å². The SMILES string of the molecule is CCNC(=O)CNC(C)CSC(C)(C)C. The zero-order chi connectivity index (χ0) is 11.9. The molecule has 0 fully saturated rings. The van der Waals surface area contributed by atoms with Gasteiger partial charge in [0.1, 0.15) is 0 Å². The maximum atomic E-state index is 11.2. The molecule has 1 unspecified atom stereocenters. The van der Waals surface area contributed by atoms with E-state index in [1.54, 1.807) is 0 Å². The third-order valence-electron chi connectivity index (χ3n) is 1.75. The van der Waals surface area contributed by atoms with Gasteiger partial charge in [-0.3, -0.25) is 4.79 Å². The summed E-state index contributed by atoms with van der Waals surface area (Å²) in [5.41, 5.74) is 0. The summed E-state index contributed by atoms with van der Waals surface area (Å²) in [5.74, 6) is 1.10. The van der Waals surface area contributed by atoms with E-state index >= 15 is 0 Å². The summed E-state index contributed by atoms with van der Waals surface area (Å²) in [5, 5.41) is 5.97. The molecule has 3 nitrogen and oxygen atoms in total. The van der Waals surface area contributed by atoms with Gasteiger partial charge in [0.05, 0.1) is 6.54 Å². The van der Waals surface area contributed by atoms with E-state index in [4.69, 9.17) is 0 Å². The van der Waals surface area contributed by atoms with Gasteiger partial charge in [0.2, 0.25) is 5.91 Å². The molecule has 0 saturated heterocycles. The first kappa shape index (κ1) is 14.8. The number of hydrogen-bond acceptors (Lipinski definition) is 3. The highest BCUT2D eigenvalue weighted by Gasteiger charge is 2.13.